The van der Waals surface area contributed by atoms with Gasteiger partial charge in [0.05, 0.1) is 11.4 Å². The summed E-state index contributed by atoms with van der Waals surface area (Å²) < 4.78 is 1.88. The Balaban J connectivity index is 1.91. The summed E-state index contributed by atoms with van der Waals surface area (Å²) in [7, 11) is 0. The minimum absolute atomic E-state index is 0.775. The highest BCUT2D eigenvalue weighted by Gasteiger charge is 2.09. The van der Waals surface area contributed by atoms with Gasteiger partial charge in [-0.05, 0) is 36.4 Å². The van der Waals surface area contributed by atoms with E-state index in [1.165, 1.54) is 0 Å². The highest BCUT2D eigenvalue weighted by molar-refractivity contribution is 5.76. The van der Waals surface area contributed by atoms with Crippen LogP contribution in [0.2, 0.25) is 0 Å². The average Bonchev–Trinajstić information content (AvgIpc) is 2.99. The lowest BCUT2D eigenvalue weighted by molar-refractivity contribution is 1.01. The molecular formula is C16H11N5. The molecule has 5 heteroatoms. The fourth-order valence-electron chi connectivity index (χ4n) is 2.21. The van der Waals surface area contributed by atoms with E-state index in [1.54, 1.807) is 18.7 Å². The number of pyridine rings is 3. The van der Waals surface area contributed by atoms with E-state index in [4.69, 9.17) is 0 Å². The molecule has 4 aromatic rings. The molecule has 0 bridgehead atoms. The Morgan fingerprint density at radius 2 is 1.57 bits per heavy atom. The first kappa shape index (κ1) is 11.7. The highest BCUT2D eigenvalue weighted by Crippen LogP contribution is 2.20. The summed E-state index contributed by atoms with van der Waals surface area (Å²) in [6, 6.07) is 15.4. The minimum Gasteiger partial charge on any atom is -0.267 e. The molecule has 0 aliphatic rings. The summed E-state index contributed by atoms with van der Waals surface area (Å²) in [5.41, 5.74) is 3.27. The predicted molar refractivity (Wildman–Crippen MR) is 79.9 cm³/mol. The number of nitrogens with zero attached hydrogens (tertiary/aromatic N) is 5. The van der Waals surface area contributed by atoms with Crippen LogP contribution in [0.5, 0.6) is 0 Å². The Kier molecular flexibility index (Phi) is 2.67. The lowest BCUT2D eigenvalue weighted by atomic mass is 10.2. The number of imidazole rings is 1. The van der Waals surface area contributed by atoms with Gasteiger partial charge in [0.15, 0.2) is 5.65 Å². The third kappa shape index (κ3) is 2.04. The standard InChI is InChI=1S/C16H11N5/c1-3-9-17-12(5-1)13-7-8-14-16(20-13)21(11-19-14)15-6-2-4-10-18-15/h1-11H. The Morgan fingerprint density at radius 1 is 0.714 bits per heavy atom. The quantitative estimate of drug-likeness (QED) is 0.563. The Labute approximate surface area is 121 Å². The smallest absolute Gasteiger partial charge is 0.166 e. The van der Waals surface area contributed by atoms with Crippen LogP contribution < -0.4 is 0 Å². The molecule has 0 amide bonds. The summed E-state index contributed by atoms with van der Waals surface area (Å²) >= 11 is 0. The van der Waals surface area contributed by atoms with Crippen LogP contribution in [0.3, 0.4) is 0 Å². The topological polar surface area (TPSA) is 56.5 Å². The van der Waals surface area contributed by atoms with Crippen molar-refractivity contribution in [2.45, 2.75) is 0 Å². The van der Waals surface area contributed by atoms with Gasteiger partial charge in [0.2, 0.25) is 0 Å². The molecule has 100 valence electrons. The maximum absolute atomic E-state index is 4.68. The molecule has 0 aliphatic carbocycles. The monoisotopic (exact) mass is 273 g/mol. The molecule has 0 fully saturated rings. The number of rotatable bonds is 2. The largest absolute Gasteiger partial charge is 0.267 e. The Morgan fingerprint density at radius 3 is 2.33 bits per heavy atom. The van der Waals surface area contributed by atoms with Gasteiger partial charge in [-0.3, -0.25) is 9.55 Å². The second kappa shape index (κ2) is 4.79. The first-order chi connectivity index (χ1) is 10.4. The van der Waals surface area contributed by atoms with Crippen LogP contribution in [-0.2, 0) is 0 Å². The number of fused-ring (bicyclic) bond motifs is 1. The molecule has 0 radical (unpaired) electrons. The SMILES string of the molecule is c1ccc(-c2ccc3ncn(-c4ccccn4)c3n2)nc1. The summed E-state index contributed by atoms with van der Waals surface area (Å²) in [5, 5.41) is 0. The van der Waals surface area contributed by atoms with Crippen molar-refractivity contribution in [2.75, 3.05) is 0 Å². The second-order valence-corrected chi connectivity index (χ2v) is 4.56. The van der Waals surface area contributed by atoms with Gasteiger partial charge in [-0.15, -0.1) is 0 Å². The van der Waals surface area contributed by atoms with Gasteiger partial charge < -0.3 is 0 Å². The molecule has 0 unspecified atom stereocenters. The Bertz CT molecular complexity index is 884. The van der Waals surface area contributed by atoms with Crippen molar-refractivity contribution in [3.8, 4) is 17.2 Å². The molecule has 0 aromatic carbocycles. The summed E-state index contributed by atoms with van der Waals surface area (Å²) in [4.78, 5) is 17.7. The first-order valence-electron chi connectivity index (χ1n) is 6.59. The molecule has 0 saturated heterocycles. The van der Waals surface area contributed by atoms with Gasteiger partial charge in [0.25, 0.3) is 0 Å². The molecule has 0 atom stereocenters. The van der Waals surface area contributed by atoms with Crippen LogP contribution in [0.4, 0.5) is 0 Å². The molecule has 4 heterocycles. The fourth-order valence-corrected chi connectivity index (χ4v) is 2.21. The molecule has 4 aromatic heterocycles. The maximum atomic E-state index is 4.68. The van der Waals surface area contributed by atoms with Crippen LogP contribution in [0.1, 0.15) is 0 Å². The third-order valence-electron chi connectivity index (χ3n) is 3.22. The third-order valence-corrected chi connectivity index (χ3v) is 3.22. The zero-order valence-electron chi connectivity index (χ0n) is 11.1. The van der Waals surface area contributed by atoms with Crippen molar-refractivity contribution in [3.63, 3.8) is 0 Å². The van der Waals surface area contributed by atoms with Crippen LogP contribution in [0.15, 0.2) is 67.3 Å². The Hall–Kier alpha value is -3.08. The zero-order chi connectivity index (χ0) is 14.1. The van der Waals surface area contributed by atoms with E-state index >= 15 is 0 Å². The predicted octanol–water partition coefficient (Wildman–Crippen LogP) is 2.88. The van der Waals surface area contributed by atoms with Crippen molar-refractivity contribution >= 4 is 11.2 Å². The molecule has 0 aliphatic heterocycles. The van der Waals surface area contributed by atoms with Gasteiger partial charge in [0.1, 0.15) is 17.7 Å². The van der Waals surface area contributed by atoms with Crippen molar-refractivity contribution < 1.29 is 0 Å². The normalized spacial score (nSPS) is 10.9. The summed E-state index contributed by atoms with van der Waals surface area (Å²) in [5.74, 6) is 0.797. The van der Waals surface area contributed by atoms with Gasteiger partial charge in [0, 0.05) is 12.4 Å². The first-order valence-corrected chi connectivity index (χ1v) is 6.59. The van der Waals surface area contributed by atoms with Gasteiger partial charge in [-0.2, -0.15) is 0 Å². The van der Waals surface area contributed by atoms with E-state index in [-0.39, 0.29) is 0 Å². The highest BCUT2D eigenvalue weighted by atomic mass is 15.1. The van der Waals surface area contributed by atoms with E-state index in [1.807, 2.05) is 53.1 Å². The molecule has 0 N–H and O–H groups in total. The minimum atomic E-state index is 0.775. The molecule has 5 nitrogen and oxygen atoms in total. The van der Waals surface area contributed by atoms with E-state index in [2.05, 4.69) is 19.9 Å². The zero-order valence-corrected chi connectivity index (χ0v) is 11.1. The van der Waals surface area contributed by atoms with E-state index in [0.717, 1.165) is 28.4 Å². The maximum Gasteiger partial charge on any atom is 0.166 e. The van der Waals surface area contributed by atoms with Crippen LogP contribution in [0.25, 0.3) is 28.4 Å². The van der Waals surface area contributed by atoms with Crippen LogP contribution >= 0.6 is 0 Å². The molecule has 0 saturated carbocycles. The number of hydrogen-bond donors (Lipinski definition) is 0. The van der Waals surface area contributed by atoms with E-state index < -0.39 is 0 Å². The van der Waals surface area contributed by atoms with Crippen LogP contribution in [0, 0.1) is 0 Å². The van der Waals surface area contributed by atoms with E-state index in [9.17, 15) is 0 Å². The number of hydrogen-bond acceptors (Lipinski definition) is 4. The average molecular weight is 273 g/mol. The second-order valence-electron chi connectivity index (χ2n) is 4.56. The lowest BCUT2D eigenvalue weighted by Gasteiger charge is -2.03. The summed E-state index contributed by atoms with van der Waals surface area (Å²) in [6.07, 6.45) is 5.25. The molecule has 21 heavy (non-hydrogen) atoms. The van der Waals surface area contributed by atoms with Crippen molar-refractivity contribution in [2.24, 2.45) is 0 Å². The van der Waals surface area contributed by atoms with Crippen molar-refractivity contribution in [1.29, 1.82) is 0 Å². The van der Waals surface area contributed by atoms with Gasteiger partial charge >= 0.3 is 0 Å². The fraction of sp³-hybridized carbons (Fsp3) is 0. The van der Waals surface area contributed by atoms with Crippen LogP contribution in [-0.4, -0.2) is 24.5 Å². The van der Waals surface area contributed by atoms with Crippen molar-refractivity contribution in [3.05, 3.63) is 67.3 Å². The molecule has 4 rings (SSSR count). The summed E-state index contributed by atoms with van der Waals surface area (Å²) in [6.45, 7) is 0. The van der Waals surface area contributed by atoms with Gasteiger partial charge in [-0.1, -0.05) is 12.1 Å². The van der Waals surface area contributed by atoms with Gasteiger partial charge in [-0.25, -0.2) is 15.0 Å². The number of aromatic nitrogens is 5. The molecule has 0 spiro atoms. The van der Waals surface area contributed by atoms with E-state index in [0.29, 0.717) is 0 Å². The molecular weight excluding hydrogens is 262 g/mol. The lowest BCUT2D eigenvalue weighted by Crippen LogP contribution is -1.97. The van der Waals surface area contributed by atoms with Crippen molar-refractivity contribution in [1.82, 2.24) is 24.5 Å².